The molecule has 1 atom stereocenters. The van der Waals surface area contributed by atoms with Crippen molar-refractivity contribution in [2.24, 2.45) is 4.99 Å². The highest BCUT2D eigenvalue weighted by molar-refractivity contribution is 6.36. The van der Waals surface area contributed by atoms with Crippen molar-refractivity contribution in [2.45, 2.75) is 32.7 Å². The van der Waals surface area contributed by atoms with Crippen molar-refractivity contribution in [3.8, 4) is 11.3 Å². The summed E-state index contributed by atoms with van der Waals surface area (Å²) in [6, 6.07) is 7.60. The predicted octanol–water partition coefficient (Wildman–Crippen LogP) is 5.65. The van der Waals surface area contributed by atoms with Crippen LogP contribution in [0.1, 0.15) is 38.6 Å². The Morgan fingerprint density at radius 3 is 2.63 bits per heavy atom. The van der Waals surface area contributed by atoms with E-state index in [1.165, 1.54) is 12.1 Å². The fourth-order valence-electron chi connectivity index (χ4n) is 3.83. The summed E-state index contributed by atoms with van der Waals surface area (Å²) in [5.41, 5.74) is 7.30. The van der Waals surface area contributed by atoms with Crippen LogP contribution in [0, 0.1) is 10.1 Å². The van der Waals surface area contributed by atoms with Crippen molar-refractivity contribution in [3.05, 3.63) is 62.5 Å². The molecule has 1 unspecified atom stereocenters. The number of pyridine rings is 1. The molecule has 0 spiro atoms. The molecule has 3 aromatic rings. The maximum Gasteiger partial charge on any atom is 0.311 e. The molecule has 182 valence electrons. The van der Waals surface area contributed by atoms with E-state index in [1.54, 1.807) is 24.4 Å². The Kier molecular flexibility index (Phi) is 7.32. The number of nitrogen functional groups attached to an aromatic ring is 1. The molecule has 1 aromatic carbocycles. The molecule has 1 saturated heterocycles. The van der Waals surface area contributed by atoms with E-state index >= 15 is 0 Å². The Hall–Kier alpha value is -3.50. The standard InChI is InChI=1S/C23H24Cl2N8O2/c1-13(28-20-8-7-19(33(34)35)22(26)30-20)23-27-12-18(29-14(2)32-9-3-4-10-32)21(31-23)16-6-5-15(24)11-17(16)25/h5-8,11-13H,3-4,9-10H2,1-2H3,(H3,26,28,30). The highest BCUT2D eigenvalue weighted by atomic mass is 35.5. The van der Waals surface area contributed by atoms with E-state index in [1.807, 2.05) is 13.8 Å². The second-order valence-electron chi connectivity index (χ2n) is 8.16. The topological polar surface area (TPSA) is 135 Å². The molecule has 0 aliphatic carbocycles. The summed E-state index contributed by atoms with van der Waals surface area (Å²) in [6.45, 7) is 5.76. The zero-order valence-corrected chi connectivity index (χ0v) is 20.7. The third-order valence-electron chi connectivity index (χ3n) is 5.67. The number of anilines is 2. The predicted molar refractivity (Wildman–Crippen MR) is 138 cm³/mol. The fourth-order valence-corrected chi connectivity index (χ4v) is 4.33. The third-order valence-corrected chi connectivity index (χ3v) is 6.22. The summed E-state index contributed by atoms with van der Waals surface area (Å²) in [4.78, 5) is 30.8. The molecule has 1 aliphatic rings. The Morgan fingerprint density at radius 1 is 1.23 bits per heavy atom. The zero-order valence-electron chi connectivity index (χ0n) is 19.2. The molecule has 35 heavy (non-hydrogen) atoms. The molecule has 10 nitrogen and oxygen atoms in total. The van der Waals surface area contributed by atoms with Gasteiger partial charge in [-0.15, -0.1) is 0 Å². The molecule has 3 heterocycles. The maximum absolute atomic E-state index is 11.0. The van der Waals surface area contributed by atoms with Gasteiger partial charge in [-0.2, -0.15) is 0 Å². The molecule has 12 heteroatoms. The molecule has 1 aliphatic heterocycles. The van der Waals surface area contributed by atoms with Crippen LogP contribution in [0.15, 0.2) is 41.5 Å². The normalized spacial score (nSPS) is 14.7. The first kappa shape index (κ1) is 24.6. The molecule has 2 aromatic heterocycles. The van der Waals surface area contributed by atoms with Gasteiger partial charge in [0.1, 0.15) is 23.0 Å². The molecular formula is C23H24Cl2N8O2. The van der Waals surface area contributed by atoms with E-state index in [9.17, 15) is 10.1 Å². The van der Waals surface area contributed by atoms with E-state index in [4.69, 9.17) is 38.9 Å². The second-order valence-corrected chi connectivity index (χ2v) is 9.01. The largest absolute Gasteiger partial charge is 0.378 e. The van der Waals surface area contributed by atoms with Crippen LogP contribution in [0.4, 0.5) is 23.0 Å². The van der Waals surface area contributed by atoms with E-state index in [-0.39, 0.29) is 11.5 Å². The molecule has 0 bridgehead atoms. The van der Waals surface area contributed by atoms with Gasteiger partial charge in [0.25, 0.3) is 0 Å². The summed E-state index contributed by atoms with van der Waals surface area (Å²) < 4.78 is 0. The number of aromatic nitrogens is 3. The van der Waals surface area contributed by atoms with E-state index in [0.717, 1.165) is 31.8 Å². The lowest BCUT2D eigenvalue weighted by molar-refractivity contribution is -0.384. The molecular weight excluding hydrogens is 491 g/mol. The van der Waals surface area contributed by atoms with Crippen molar-refractivity contribution in [2.75, 3.05) is 24.1 Å². The van der Waals surface area contributed by atoms with E-state index < -0.39 is 11.0 Å². The Labute approximate surface area is 212 Å². The summed E-state index contributed by atoms with van der Waals surface area (Å²) >= 11 is 12.6. The van der Waals surface area contributed by atoms with Crippen molar-refractivity contribution in [1.82, 2.24) is 19.9 Å². The van der Waals surface area contributed by atoms with Crippen molar-refractivity contribution in [1.29, 1.82) is 0 Å². The number of nitrogens with zero attached hydrogens (tertiary/aromatic N) is 6. The van der Waals surface area contributed by atoms with Gasteiger partial charge in [-0.1, -0.05) is 23.2 Å². The number of aliphatic imine (C=N–C) groups is 1. The van der Waals surface area contributed by atoms with Gasteiger partial charge in [-0.25, -0.2) is 19.9 Å². The van der Waals surface area contributed by atoms with Crippen LogP contribution in [0.5, 0.6) is 0 Å². The first-order valence-electron chi connectivity index (χ1n) is 11.0. The zero-order chi connectivity index (χ0) is 25.1. The lowest BCUT2D eigenvalue weighted by Gasteiger charge is -2.18. The van der Waals surface area contributed by atoms with Gasteiger partial charge in [0.05, 0.1) is 22.2 Å². The smallest absolute Gasteiger partial charge is 0.311 e. The van der Waals surface area contributed by atoms with E-state index in [2.05, 4.69) is 20.2 Å². The van der Waals surface area contributed by atoms with Crippen LogP contribution in [-0.2, 0) is 0 Å². The molecule has 0 saturated carbocycles. The number of hydrogen-bond donors (Lipinski definition) is 2. The number of hydrogen-bond acceptors (Lipinski definition) is 8. The van der Waals surface area contributed by atoms with Crippen molar-refractivity contribution >= 4 is 52.0 Å². The molecule has 0 amide bonds. The first-order chi connectivity index (χ1) is 16.7. The highest BCUT2D eigenvalue weighted by Gasteiger charge is 2.20. The Morgan fingerprint density at radius 2 is 1.97 bits per heavy atom. The van der Waals surface area contributed by atoms with Gasteiger partial charge in [-0.3, -0.25) is 10.1 Å². The van der Waals surface area contributed by atoms with Crippen LogP contribution in [-0.4, -0.2) is 43.7 Å². The minimum Gasteiger partial charge on any atom is -0.378 e. The number of likely N-dealkylation sites (tertiary alicyclic amines) is 1. The molecule has 4 rings (SSSR count). The SMILES string of the molecule is CC(=Nc1cnc(C(C)Nc2ccc([N+](=O)[O-])c(N)n2)nc1-c1ccc(Cl)cc1Cl)N1CCCC1. The number of halogens is 2. The number of nitro groups is 1. The minimum atomic E-state index is -0.579. The summed E-state index contributed by atoms with van der Waals surface area (Å²) in [5, 5.41) is 15.1. The van der Waals surface area contributed by atoms with E-state index in [0.29, 0.717) is 38.6 Å². The molecule has 1 fully saturated rings. The van der Waals surface area contributed by atoms with Gasteiger partial charge in [0.2, 0.25) is 5.82 Å². The van der Waals surface area contributed by atoms with Gasteiger partial charge in [0.15, 0.2) is 5.82 Å². The number of nitrogens with one attached hydrogen (secondary N) is 1. The van der Waals surface area contributed by atoms with Crippen molar-refractivity contribution < 1.29 is 4.92 Å². The van der Waals surface area contributed by atoms with Gasteiger partial charge in [0, 0.05) is 29.7 Å². The maximum atomic E-state index is 11.0. The van der Waals surface area contributed by atoms with Crippen LogP contribution in [0.3, 0.4) is 0 Å². The van der Waals surface area contributed by atoms with Gasteiger partial charge < -0.3 is 16.0 Å². The van der Waals surface area contributed by atoms with Gasteiger partial charge in [-0.05, 0) is 51.0 Å². The first-order valence-corrected chi connectivity index (χ1v) is 11.8. The number of benzene rings is 1. The quantitative estimate of drug-likeness (QED) is 0.186. The highest BCUT2D eigenvalue weighted by Crippen LogP contribution is 2.36. The summed E-state index contributed by atoms with van der Waals surface area (Å²) in [5.74, 6) is 1.54. The minimum absolute atomic E-state index is 0.177. The van der Waals surface area contributed by atoms with Crippen LogP contribution in [0.25, 0.3) is 11.3 Å². The van der Waals surface area contributed by atoms with Crippen LogP contribution >= 0.6 is 23.2 Å². The summed E-state index contributed by atoms with van der Waals surface area (Å²) in [7, 11) is 0. The van der Waals surface area contributed by atoms with Crippen LogP contribution in [0.2, 0.25) is 10.0 Å². The Bertz CT molecular complexity index is 1290. The van der Waals surface area contributed by atoms with Crippen molar-refractivity contribution in [3.63, 3.8) is 0 Å². The molecule has 3 N–H and O–H groups in total. The van der Waals surface area contributed by atoms with Gasteiger partial charge >= 0.3 is 5.69 Å². The monoisotopic (exact) mass is 514 g/mol. The number of nitrogens with two attached hydrogens (primary N) is 1. The lowest BCUT2D eigenvalue weighted by Crippen LogP contribution is -2.24. The Balaban J connectivity index is 1.70. The second kappa shape index (κ2) is 10.4. The summed E-state index contributed by atoms with van der Waals surface area (Å²) in [6.07, 6.45) is 3.95. The lowest BCUT2D eigenvalue weighted by atomic mass is 10.1. The number of amidine groups is 1. The fraction of sp³-hybridized carbons (Fsp3) is 0.304. The average molecular weight is 515 g/mol. The average Bonchev–Trinajstić information content (AvgIpc) is 3.34. The number of rotatable bonds is 6. The molecule has 0 radical (unpaired) electrons. The third kappa shape index (κ3) is 5.60. The van der Waals surface area contributed by atoms with Crippen LogP contribution < -0.4 is 11.1 Å².